The third kappa shape index (κ3) is 3.57. The van der Waals surface area contributed by atoms with E-state index >= 15 is 0 Å². The summed E-state index contributed by atoms with van der Waals surface area (Å²) in [6.45, 7) is 0.382. The maximum Gasteiger partial charge on any atom is 0.264 e. The minimum atomic E-state index is -0.667. The summed E-state index contributed by atoms with van der Waals surface area (Å²) in [4.78, 5) is 21.6. The molecule has 1 amide bonds. The number of aryl methyl sites for hydroxylation is 1. The van der Waals surface area contributed by atoms with Crippen LogP contribution in [-0.2, 0) is 23.2 Å². The number of methoxy groups -OCH3 is 2. The standard InChI is InChI=1S/C17H20N4O4/c1-21-10-18-8-11(21)9-19-17(22)16-7-14(20-25-16)13-6-12(23-2)4-5-15(13)24-3/h4-6,8,10,16H,7,9H2,1-3H3,(H,19,22). The van der Waals surface area contributed by atoms with Crippen LogP contribution in [0.15, 0.2) is 35.9 Å². The maximum atomic E-state index is 12.3. The van der Waals surface area contributed by atoms with Gasteiger partial charge in [-0.3, -0.25) is 4.79 Å². The van der Waals surface area contributed by atoms with Gasteiger partial charge in [-0.05, 0) is 18.2 Å². The van der Waals surface area contributed by atoms with E-state index in [2.05, 4.69) is 15.5 Å². The van der Waals surface area contributed by atoms with E-state index in [1.54, 1.807) is 38.9 Å². The summed E-state index contributed by atoms with van der Waals surface area (Å²) in [6.07, 6.45) is 3.09. The molecule has 1 aromatic heterocycles. The van der Waals surface area contributed by atoms with Gasteiger partial charge in [0.05, 0.1) is 38.5 Å². The molecule has 2 heterocycles. The Morgan fingerprint density at radius 2 is 2.24 bits per heavy atom. The SMILES string of the molecule is COc1ccc(OC)c(C2=NOC(C(=O)NCc3cncn3C)C2)c1. The Morgan fingerprint density at radius 3 is 2.92 bits per heavy atom. The number of nitrogens with zero attached hydrogens (tertiary/aromatic N) is 3. The molecule has 1 aromatic carbocycles. The molecule has 25 heavy (non-hydrogen) atoms. The first kappa shape index (κ1) is 16.8. The van der Waals surface area contributed by atoms with Gasteiger partial charge >= 0.3 is 0 Å². The number of carbonyl (C=O) groups is 1. The first-order chi connectivity index (χ1) is 12.1. The summed E-state index contributed by atoms with van der Waals surface area (Å²) >= 11 is 0. The van der Waals surface area contributed by atoms with Gasteiger partial charge in [0.1, 0.15) is 11.5 Å². The Morgan fingerprint density at radius 1 is 1.40 bits per heavy atom. The van der Waals surface area contributed by atoms with Crippen LogP contribution < -0.4 is 14.8 Å². The van der Waals surface area contributed by atoms with Crippen molar-refractivity contribution in [1.29, 1.82) is 0 Å². The lowest BCUT2D eigenvalue weighted by Gasteiger charge is -2.11. The highest BCUT2D eigenvalue weighted by molar-refractivity contribution is 6.06. The van der Waals surface area contributed by atoms with Crippen molar-refractivity contribution >= 4 is 11.6 Å². The van der Waals surface area contributed by atoms with E-state index < -0.39 is 6.10 Å². The maximum absolute atomic E-state index is 12.3. The predicted octanol–water partition coefficient (Wildman–Crippen LogP) is 1.25. The van der Waals surface area contributed by atoms with Crippen molar-refractivity contribution in [3.05, 3.63) is 42.0 Å². The molecule has 1 N–H and O–H groups in total. The van der Waals surface area contributed by atoms with Gasteiger partial charge < -0.3 is 24.2 Å². The summed E-state index contributed by atoms with van der Waals surface area (Å²) in [6, 6.07) is 5.42. The average Bonchev–Trinajstić information content (AvgIpc) is 3.28. The first-order valence-corrected chi connectivity index (χ1v) is 7.80. The third-order valence-electron chi connectivity index (χ3n) is 4.04. The number of rotatable bonds is 6. The highest BCUT2D eigenvalue weighted by Gasteiger charge is 2.30. The molecule has 0 bridgehead atoms. The van der Waals surface area contributed by atoms with Crippen molar-refractivity contribution in [3.63, 3.8) is 0 Å². The fourth-order valence-electron chi connectivity index (χ4n) is 2.56. The van der Waals surface area contributed by atoms with E-state index in [0.717, 1.165) is 11.3 Å². The number of oxime groups is 1. The summed E-state index contributed by atoms with van der Waals surface area (Å²) in [7, 11) is 5.05. The number of benzene rings is 1. The molecule has 0 aliphatic carbocycles. The number of aromatic nitrogens is 2. The van der Waals surface area contributed by atoms with Crippen LogP contribution in [0.5, 0.6) is 11.5 Å². The van der Waals surface area contributed by atoms with Crippen LogP contribution in [0.1, 0.15) is 17.7 Å². The smallest absolute Gasteiger partial charge is 0.264 e. The van der Waals surface area contributed by atoms with Gasteiger partial charge in [-0.2, -0.15) is 0 Å². The summed E-state index contributed by atoms with van der Waals surface area (Å²) in [5.41, 5.74) is 2.31. The van der Waals surface area contributed by atoms with Crippen molar-refractivity contribution in [2.75, 3.05) is 14.2 Å². The Bertz CT molecular complexity index is 800. The number of hydrogen-bond acceptors (Lipinski definition) is 6. The van der Waals surface area contributed by atoms with Gasteiger partial charge in [0.2, 0.25) is 6.10 Å². The van der Waals surface area contributed by atoms with E-state index in [1.165, 1.54) is 0 Å². The lowest BCUT2D eigenvalue weighted by Crippen LogP contribution is -2.34. The first-order valence-electron chi connectivity index (χ1n) is 7.80. The molecule has 1 unspecified atom stereocenters. The number of hydrogen-bond donors (Lipinski definition) is 1. The van der Waals surface area contributed by atoms with Crippen LogP contribution in [0.3, 0.4) is 0 Å². The van der Waals surface area contributed by atoms with Crippen molar-refractivity contribution in [3.8, 4) is 11.5 Å². The summed E-state index contributed by atoms with van der Waals surface area (Å²) < 4.78 is 12.4. The topological polar surface area (TPSA) is 87.0 Å². The lowest BCUT2D eigenvalue weighted by molar-refractivity contribution is -0.131. The van der Waals surface area contributed by atoms with E-state index in [1.807, 2.05) is 17.7 Å². The number of ether oxygens (including phenoxy) is 2. The molecule has 8 heteroatoms. The third-order valence-corrected chi connectivity index (χ3v) is 4.04. The molecule has 0 spiro atoms. The molecule has 0 saturated carbocycles. The van der Waals surface area contributed by atoms with Crippen molar-refractivity contribution < 1.29 is 19.1 Å². The number of carbonyl (C=O) groups excluding carboxylic acids is 1. The fourth-order valence-corrected chi connectivity index (χ4v) is 2.56. The van der Waals surface area contributed by atoms with Crippen LogP contribution >= 0.6 is 0 Å². The molecule has 1 aliphatic heterocycles. The zero-order chi connectivity index (χ0) is 17.8. The largest absolute Gasteiger partial charge is 0.497 e. The van der Waals surface area contributed by atoms with E-state index in [9.17, 15) is 4.79 Å². The quantitative estimate of drug-likeness (QED) is 0.852. The highest BCUT2D eigenvalue weighted by atomic mass is 16.6. The molecule has 1 atom stereocenters. The lowest BCUT2D eigenvalue weighted by atomic mass is 10.0. The molecule has 132 valence electrons. The molecule has 3 rings (SSSR count). The van der Waals surface area contributed by atoms with Crippen molar-refractivity contribution in [2.45, 2.75) is 19.1 Å². The molecule has 1 aliphatic rings. The van der Waals surface area contributed by atoms with Crippen LogP contribution in [-0.4, -0.2) is 41.5 Å². The molecular weight excluding hydrogens is 324 g/mol. The fraction of sp³-hybridized carbons (Fsp3) is 0.353. The van der Waals surface area contributed by atoms with Crippen LogP contribution in [0.25, 0.3) is 0 Å². The number of imidazole rings is 1. The molecule has 0 radical (unpaired) electrons. The average molecular weight is 344 g/mol. The molecule has 8 nitrogen and oxygen atoms in total. The van der Waals surface area contributed by atoms with E-state index in [-0.39, 0.29) is 5.91 Å². The Labute approximate surface area is 145 Å². The Hall–Kier alpha value is -3.03. The monoisotopic (exact) mass is 344 g/mol. The predicted molar refractivity (Wildman–Crippen MR) is 90.6 cm³/mol. The summed E-state index contributed by atoms with van der Waals surface area (Å²) in [5.74, 6) is 1.11. The van der Waals surface area contributed by atoms with Gasteiger partial charge in [0.15, 0.2) is 0 Å². The highest BCUT2D eigenvalue weighted by Crippen LogP contribution is 2.28. The molecule has 2 aromatic rings. The second-order valence-corrected chi connectivity index (χ2v) is 5.62. The minimum absolute atomic E-state index is 0.221. The van der Waals surface area contributed by atoms with Crippen LogP contribution in [0, 0.1) is 0 Å². The van der Waals surface area contributed by atoms with Gasteiger partial charge in [0, 0.05) is 25.2 Å². The summed E-state index contributed by atoms with van der Waals surface area (Å²) in [5, 5.41) is 6.89. The second-order valence-electron chi connectivity index (χ2n) is 5.62. The molecular formula is C17H20N4O4. The van der Waals surface area contributed by atoms with Crippen LogP contribution in [0.2, 0.25) is 0 Å². The van der Waals surface area contributed by atoms with Crippen LogP contribution in [0.4, 0.5) is 0 Å². The van der Waals surface area contributed by atoms with Gasteiger partial charge in [-0.1, -0.05) is 5.16 Å². The van der Waals surface area contributed by atoms with Gasteiger partial charge in [-0.25, -0.2) is 4.98 Å². The van der Waals surface area contributed by atoms with Crippen molar-refractivity contribution in [1.82, 2.24) is 14.9 Å². The molecule has 0 saturated heterocycles. The van der Waals surface area contributed by atoms with E-state index in [4.69, 9.17) is 14.3 Å². The number of nitrogens with one attached hydrogen (secondary N) is 1. The van der Waals surface area contributed by atoms with Gasteiger partial charge in [0.25, 0.3) is 5.91 Å². The normalized spacial score (nSPS) is 16.1. The zero-order valence-electron chi connectivity index (χ0n) is 14.4. The number of amides is 1. The van der Waals surface area contributed by atoms with Crippen molar-refractivity contribution in [2.24, 2.45) is 12.2 Å². The Kier molecular flexibility index (Phi) is 4.87. The minimum Gasteiger partial charge on any atom is -0.497 e. The zero-order valence-corrected chi connectivity index (χ0v) is 14.4. The molecule has 0 fully saturated rings. The van der Waals surface area contributed by atoms with E-state index in [0.29, 0.717) is 30.2 Å². The second kappa shape index (κ2) is 7.25. The Balaban J connectivity index is 1.65. The van der Waals surface area contributed by atoms with Gasteiger partial charge in [-0.15, -0.1) is 0 Å².